The molecule has 0 bridgehead atoms. The van der Waals surface area contributed by atoms with Gasteiger partial charge < -0.3 is 4.74 Å². The number of carbonyl (C=O) groups excluding carboxylic acids is 1. The molecule has 0 spiro atoms. The Hall–Kier alpha value is -1.10. The molecular weight excluding hydrogens is 146 g/mol. The first-order chi connectivity index (χ1) is 5.33. The molecular formula is C6H10N3O2. The molecule has 1 aliphatic rings. The number of nitrogens with one attached hydrogen (secondary N) is 1. The van der Waals surface area contributed by atoms with Gasteiger partial charge in [-0.05, 0) is 6.92 Å². The predicted octanol–water partition coefficient (Wildman–Crippen LogP) is -0.294. The van der Waals surface area contributed by atoms with Crippen LogP contribution in [0.5, 0.6) is 0 Å². The van der Waals surface area contributed by atoms with E-state index in [4.69, 9.17) is 4.74 Å². The first-order valence-corrected chi connectivity index (χ1v) is 3.43. The van der Waals surface area contributed by atoms with Gasteiger partial charge in [0.25, 0.3) is 0 Å². The molecule has 0 fully saturated rings. The second kappa shape index (κ2) is 3.92. The number of ether oxygens (including phenoxy) is 1. The van der Waals surface area contributed by atoms with Gasteiger partial charge in [0, 0.05) is 6.61 Å². The summed E-state index contributed by atoms with van der Waals surface area (Å²) in [7, 11) is 0. The fraction of sp³-hybridized carbons (Fsp3) is 0.667. The Morgan fingerprint density at radius 1 is 1.73 bits per heavy atom. The normalized spacial score (nSPS) is 16.8. The van der Waals surface area contributed by atoms with E-state index in [-0.39, 0.29) is 6.03 Å². The number of nitrogens with zero attached hydrogens (tertiary/aromatic N) is 2. The van der Waals surface area contributed by atoms with Gasteiger partial charge in [0.1, 0.15) is 0 Å². The van der Waals surface area contributed by atoms with Crippen molar-refractivity contribution in [1.82, 2.24) is 10.7 Å². The van der Waals surface area contributed by atoms with E-state index in [1.165, 1.54) is 0 Å². The highest BCUT2D eigenvalue weighted by molar-refractivity contribution is 5.93. The molecule has 0 saturated heterocycles. The van der Waals surface area contributed by atoms with Crippen LogP contribution in [0.3, 0.4) is 0 Å². The zero-order valence-corrected chi connectivity index (χ0v) is 6.33. The minimum Gasteiger partial charge on any atom is -0.376 e. The summed E-state index contributed by atoms with van der Waals surface area (Å²) in [5.41, 5.74) is 3.00. The van der Waals surface area contributed by atoms with Crippen LogP contribution < -0.4 is 10.7 Å². The van der Waals surface area contributed by atoms with E-state index < -0.39 is 0 Å². The molecule has 0 aromatic heterocycles. The fourth-order valence-electron chi connectivity index (χ4n) is 0.658. The van der Waals surface area contributed by atoms with Gasteiger partial charge in [0.2, 0.25) is 0 Å². The number of hydrazone groups is 1. The third-order valence-electron chi connectivity index (χ3n) is 1.19. The summed E-state index contributed by atoms with van der Waals surface area (Å²) >= 11 is 0. The monoisotopic (exact) mass is 156 g/mol. The first kappa shape index (κ1) is 8.00. The Kier molecular flexibility index (Phi) is 2.85. The van der Waals surface area contributed by atoms with Gasteiger partial charge in [0.05, 0.1) is 18.9 Å². The maximum atomic E-state index is 10.5. The number of hydrogen-bond donors (Lipinski definition) is 1. The SMILES string of the molecule is CCOCC1=NNC(=O)[N]C1. The van der Waals surface area contributed by atoms with Crippen LogP contribution >= 0.6 is 0 Å². The van der Waals surface area contributed by atoms with E-state index in [0.717, 1.165) is 5.71 Å². The summed E-state index contributed by atoms with van der Waals surface area (Å²) in [5, 5.41) is 7.35. The van der Waals surface area contributed by atoms with Gasteiger partial charge in [0.15, 0.2) is 0 Å². The highest BCUT2D eigenvalue weighted by Gasteiger charge is 2.10. The number of urea groups is 1. The molecule has 1 heterocycles. The van der Waals surface area contributed by atoms with Crippen molar-refractivity contribution < 1.29 is 9.53 Å². The van der Waals surface area contributed by atoms with Gasteiger partial charge in [-0.3, -0.25) is 0 Å². The van der Waals surface area contributed by atoms with Crippen molar-refractivity contribution in [2.24, 2.45) is 5.10 Å². The lowest BCUT2D eigenvalue weighted by atomic mass is 10.4. The minimum absolute atomic E-state index is 0.353. The molecule has 1 N–H and O–H groups in total. The van der Waals surface area contributed by atoms with Gasteiger partial charge in [-0.2, -0.15) is 5.10 Å². The molecule has 0 atom stereocenters. The molecule has 11 heavy (non-hydrogen) atoms. The zero-order valence-electron chi connectivity index (χ0n) is 6.33. The molecule has 5 nitrogen and oxygen atoms in total. The fourth-order valence-corrected chi connectivity index (χ4v) is 0.658. The van der Waals surface area contributed by atoms with Crippen LogP contribution in [0.25, 0.3) is 0 Å². The molecule has 61 valence electrons. The van der Waals surface area contributed by atoms with Crippen molar-refractivity contribution in [1.29, 1.82) is 0 Å². The lowest BCUT2D eigenvalue weighted by Gasteiger charge is -2.10. The molecule has 1 rings (SSSR count). The molecule has 5 heteroatoms. The van der Waals surface area contributed by atoms with Gasteiger partial charge in [-0.15, -0.1) is 0 Å². The average Bonchev–Trinajstić information content (AvgIpc) is 2.04. The molecule has 0 unspecified atom stereocenters. The summed E-state index contributed by atoms with van der Waals surface area (Å²) in [6.45, 7) is 3.35. The lowest BCUT2D eigenvalue weighted by Crippen LogP contribution is -2.38. The smallest absolute Gasteiger partial charge is 0.357 e. The maximum Gasteiger partial charge on any atom is 0.357 e. The highest BCUT2D eigenvalue weighted by Crippen LogP contribution is 1.86. The molecule has 0 aromatic carbocycles. The molecule has 2 amide bonds. The van der Waals surface area contributed by atoms with Crippen molar-refractivity contribution in [2.75, 3.05) is 19.8 Å². The number of carbonyl (C=O) groups is 1. The van der Waals surface area contributed by atoms with E-state index in [2.05, 4.69) is 15.8 Å². The lowest BCUT2D eigenvalue weighted by molar-refractivity contribution is 0.185. The largest absolute Gasteiger partial charge is 0.376 e. The quantitative estimate of drug-likeness (QED) is 0.610. The Labute approximate surface area is 64.8 Å². The first-order valence-electron chi connectivity index (χ1n) is 3.43. The number of amides is 2. The third kappa shape index (κ3) is 2.55. The molecule has 0 saturated carbocycles. The molecule has 1 radical (unpaired) electrons. The van der Waals surface area contributed by atoms with Crippen LogP contribution in [0.15, 0.2) is 5.10 Å². The Morgan fingerprint density at radius 3 is 3.09 bits per heavy atom. The van der Waals surface area contributed by atoms with E-state index in [9.17, 15) is 4.79 Å². The summed E-state index contributed by atoms with van der Waals surface area (Å²) in [6.07, 6.45) is 0. The summed E-state index contributed by atoms with van der Waals surface area (Å²) in [4.78, 5) is 10.5. The standard InChI is InChI=1S/C6H10N3O2/c1-2-11-4-5-3-7-6(10)9-8-5/h2-4H2,1H3,(H,9,10). The van der Waals surface area contributed by atoms with Crippen LogP contribution in [0, 0.1) is 0 Å². The van der Waals surface area contributed by atoms with Gasteiger partial charge >= 0.3 is 6.03 Å². The van der Waals surface area contributed by atoms with Crippen molar-refractivity contribution in [3.05, 3.63) is 0 Å². The Balaban J connectivity index is 2.29. The van der Waals surface area contributed by atoms with Crippen LogP contribution in [-0.2, 0) is 4.74 Å². The van der Waals surface area contributed by atoms with Crippen LogP contribution in [0.4, 0.5) is 4.79 Å². The topological polar surface area (TPSA) is 64.8 Å². The second-order valence-electron chi connectivity index (χ2n) is 2.05. The van der Waals surface area contributed by atoms with Crippen molar-refractivity contribution in [2.45, 2.75) is 6.92 Å². The van der Waals surface area contributed by atoms with Crippen LogP contribution in [0.1, 0.15) is 6.92 Å². The zero-order chi connectivity index (χ0) is 8.10. The van der Waals surface area contributed by atoms with Crippen molar-refractivity contribution in [3.8, 4) is 0 Å². The van der Waals surface area contributed by atoms with E-state index in [1.807, 2.05) is 6.92 Å². The molecule has 0 aromatic rings. The predicted molar refractivity (Wildman–Crippen MR) is 39.5 cm³/mol. The average molecular weight is 156 g/mol. The summed E-state index contributed by atoms with van der Waals surface area (Å²) in [5.74, 6) is 0. The van der Waals surface area contributed by atoms with Crippen molar-refractivity contribution in [3.63, 3.8) is 0 Å². The second-order valence-corrected chi connectivity index (χ2v) is 2.05. The van der Waals surface area contributed by atoms with E-state index >= 15 is 0 Å². The van der Waals surface area contributed by atoms with Gasteiger partial charge in [-0.1, -0.05) is 0 Å². The Morgan fingerprint density at radius 2 is 2.55 bits per heavy atom. The minimum atomic E-state index is -0.384. The number of hydrogen-bond acceptors (Lipinski definition) is 3. The Bertz CT molecular complexity index is 179. The number of rotatable bonds is 3. The molecule has 0 aliphatic carbocycles. The summed E-state index contributed by atoms with van der Waals surface area (Å²) in [6, 6.07) is -0.384. The van der Waals surface area contributed by atoms with Crippen molar-refractivity contribution >= 4 is 11.7 Å². The van der Waals surface area contributed by atoms with Crippen LogP contribution in [-0.4, -0.2) is 31.5 Å². The highest BCUT2D eigenvalue weighted by atomic mass is 16.5. The third-order valence-corrected chi connectivity index (χ3v) is 1.19. The molecule has 1 aliphatic heterocycles. The summed E-state index contributed by atoms with van der Waals surface area (Å²) < 4.78 is 5.07. The van der Waals surface area contributed by atoms with Crippen LogP contribution in [0.2, 0.25) is 0 Å². The van der Waals surface area contributed by atoms with Gasteiger partial charge in [-0.25, -0.2) is 15.5 Å². The van der Waals surface area contributed by atoms with E-state index in [0.29, 0.717) is 19.8 Å². The van der Waals surface area contributed by atoms with E-state index in [1.54, 1.807) is 0 Å². The maximum absolute atomic E-state index is 10.5.